The first-order valence-corrected chi connectivity index (χ1v) is 7.66. The number of rotatable bonds is 6. The van der Waals surface area contributed by atoms with Crippen LogP contribution >= 0.6 is 11.8 Å². The predicted molar refractivity (Wildman–Crippen MR) is 78.0 cm³/mol. The molecule has 2 amide bonds. The summed E-state index contributed by atoms with van der Waals surface area (Å²) < 4.78 is 37.4. The molecule has 0 aromatic heterocycles. The zero-order chi connectivity index (χ0) is 16.8. The molecule has 122 valence electrons. The van der Waals surface area contributed by atoms with Crippen LogP contribution in [0.1, 0.15) is 22.3 Å². The van der Waals surface area contributed by atoms with Gasteiger partial charge in [0.25, 0.3) is 11.8 Å². The monoisotopic (exact) mass is 335 g/mol. The van der Waals surface area contributed by atoms with E-state index in [0.717, 1.165) is 24.3 Å². The van der Waals surface area contributed by atoms with E-state index < -0.39 is 29.6 Å². The molecule has 5 nitrogen and oxygen atoms in total. The number of halogens is 3. The average Bonchev–Trinajstić information content (AvgIpc) is 2.49. The molecule has 0 bridgehead atoms. The van der Waals surface area contributed by atoms with E-state index in [9.17, 15) is 22.8 Å². The third-order valence-corrected chi connectivity index (χ3v) is 3.49. The number of hydrogen-bond acceptors (Lipinski definition) is 4. The first-order chi connectivity index (χ1) is 10.3. The van der Waals surface area contributed by atoms with Crippen molar-refractivity contribution in [3.8, 4) is 0 Å². The van der Waals surface area contributed by atoms with Crippen LogP contribution in [0, 0.1) is 0 Å². The number of nitrogens with one attached hydrogen (secondary N) is 2. The normalized spacial score (nSPS) is 12.6. The van der Waals surface area contributed by atoms with Crippen molar-refractivity contribution in [3.63, 3.8) is 0 Å². The van der Waals surface area contributed by atoms with Crippen molar-refractivity contribution in [2.75, 3.05) is 12.0 Å². The Balaban J connectivity index is 2.79. The number of hydrogen-bond donors (Lipinski definition) is 3. The Kier molecular flexibility index (Phi) is 6.69. The zero-order valence-corrected chi connectivity index (χ0v) is 12.6. The van der Waals surface area contributed by atoms with Crippen LogP contribution in [0.5, 0.6) is 0 Å². The Hall–Kier alpha value is -1.74. The summed E-state index contributed by atoms with van der Waals surface area (Å²) in [6.07, 6.45) is -2.26. The molecule has 1 aromatic rings. The smallest absolute Gasteiger partial charge is 0.340 e. The maximum absolute atomic E-state index is 12.5. The van der Waals surface area contributed by atoms with Crippen molar-refractivity contribution in [2.45, 2.75) is 18.6 Å². The second kappa shape index (κ2) is 8.04. The summed E-state index contributed by atoms with van der Waals surface area (Å²) in [6, 6.07) is 2.91. The summed E-state index contributed by atoms with van der Waals surface area (Å²) >= 11 is 1.49. The number of amides is 2. The van der Waals surface area contributed by atoms with Gasteiger partial charge in [0.2, 0.25) is 0 Å². The summed E-state index contributed by atoms with van der Waals surface area (Å²) in [5, 5.41) is 2.45. The molecule has 0 fully saturated rings. The van der Waals surface area contributed by atoms with Gasteiger partial charge in [-0.2, -0.15) is 24.9 Å². The predicted octanol–water partition coefficient (Wildman–Crippen LogP) is 1.55. The van der Waals surface area contributed by atoms with Gasteiger partial charge in [-0.05, 0) is 42.7 Å². The van der Waals surface area contributed by atoms with Gasteiger partial charge in [0.05, 0.1) is 5.56 Å². The van der Waals surface area contributed by atoms with Gasteiger partial charge in [0, 0.05) is 5.56 Å². The lowest BCUT2D eigenvalue weighted by Gasteiger charge is -2.17. The Morgan fingerprint density at radius 3 is 2.32 bits per heavy atom. The summed E-state index contributed by atoms with van der Waals surface area (Å²) in [4.78, 5) is 23.5. The van der Waals surface area contributed by atoms with E-state index in [4.69, 9.17) is 5.84 Å². The van der Waals surface area contributed by atoms with Crippen LogP contribution in [0.4, 0.5) is 13.2 Å². The number of alkyl halides is 3. The zero-order valence-electron chi connectivity index (χ0n) is 11.7. The van der Waals surface area contributed by atoms with Crippen molar-refractivity contribution in [3.05, 3.63) is 35.4 Å². The minimum absolute atomic E-state index is 0.0342. The van der Waals surface area contributed by atoms with E-state index in [0.29, 0.717) is 12.2 Å². The topological polar surface area (TPSA) is 84.2 Å². The number of nitrogens with two attached hydrogens (primary N) is 1. The molecule has 0 saturated heterocycles. The lowest BCUT2D eigenvalue weighted by Crippen LogP contribution is -2.49. The van der Waals surface area contributed by atoms with Gasteiger partial charge in [-0.1, -0.05) is 0 Å². The molecule has 22 heavy (non-hydrogen) atoms. The van der Waals surface area contributed by atoms with Gasteiger partial charge in [-0.25, -0.2) is 5.84 Å². The van der Waals surface area contributed by atoms with Crippen molar-refractivity contribution in [2.24, 2.45) is 5.84 Å². The fourth-order valence-corrected chi connectivity index (χ4v) is 2.13. The van der Waals surface area contributed by atoms with Gasteiger partial charge in [-0.15, -0.1) is 0 Å². The van der Waals surface area contributed by atoms with Crippen LogP contribution in [0.25, 0.3) is 0 Å². The molecule has 1 rings (SSSR count). The highest BCUT2D eigenvalue weighted by Gasteiger charge is 2.30. The maximum atomic E-state index is 12.5. The van der Waals surface area contributed by atoms with Gasteiger partial charge in [0.15, 0.2) is 0 Å². The van der Waals surface area contributed by atoms with Crippen molar-refractivity contribution in [1.82, 2.24) is 10.7 Å². The molecule has 0 aliphatic carbocycles. The average molecular weight is 335 g/mol. The molecule has 0 radical (unpaired) electrons. The molecule has 1 unspecified atom stereocenters. The highest BCUT2D eigenvalue weighted by atomic mass is 32.2. The van der Waals surface area contributed by atoms with E-state index in [1.54, 1.807) is 0 Å². The quantitative estimate of drug-likeness (QED) is 0.418. The number of hydrazine groups is 1. The summed E-state index contributed by atoms with van der Waals surface area (Å²) in [5.74, 6) is 4.46. The van der Waals surface area contributed by atoms with Crippen molar-refractivity contribution >= 4 is 23.6 Å². The van der Waals surface area contributed by atoms with Crippen LogP contribution < -0.4 is 16.6 Å². The van der Waals surface area contributed by atoms with Gasteiger partial charge in [0.1, 0.15) is 6.04 Å². The molecule has 0 aliphatic rings. The fourth-order valence-electron chi connectivity index (χ4n) is 1.66. The Morgan fingerprint density at radius 2 is 1.86 bits per heavy atom. The molecule has 0 heterocycles. The number of carbonyl (C=O) groups is 2. The van der Waals surface area contributed by atoms with E-state index in [1.165, 1.54) is 11.8 Å². The van der Waals surface area contributed by atoms with Gasteiger partial charge in [-0.3, -0.25) is 15.0 Å². The fraction of sp³-hybridized carbons (Fsp3) is 0.385. The van der Waals surface area contributed by atoms with E-state index >= 15 is 0 Å². The molecule has 9 heteroatoms. The lowest BCUT2D eigenvalue weighted by molar-refractivity contribution is -0.137. The lowest BCUT2D eigenvalue weighted by atomic mass is 10.1. The van der Waals surface area contributed by atoms with Crippen molar-refractivity contribution < 1.29 is 22.8 Å². The summed E-state index contributed by atoms with van der Waals surface area (Å²) in [5.41, 5.74) is 1.14. The number of carbonyl (C=O) groups excluding carboxylic acids is 2. The summed E-state index contributed by atoms with van der Waals surface area (Å²) in [7, 11) is 0. The van der Waals surface area contributed by atoms with E-state index in [-0.39, 0.29) is 5.56 Å². The molecule has 1 aromatic carbocycles. The molecule has 1 atom stereocenters. The minimum atomic E-state index is -4.46. The Morgan fingerprint density at radius 1 is 1.27 bits per heavy atom. The van der Waals surface area contributed by atoms with Crippen molar-refractivity contribution in [1.29, 1.82) is 0 Å². The number of benzene rings is 1. The first-order valence-electron chi connectivity index (χ1n) is 6.27. The third kappa shape index (κ3) is 5.23. The molecular weight excluding hydrogens is 319 g/mol. The van der Waals surface area contributed by atoms with Crippen LogP contribution in [0.2, 0.25) is 0 Å². The first kappa shape index (κ1) is 18.3. The van der Waals surface area contributed by atoms with Crippen LogP contribution in [0.3, 0.4) is 0 Å². The summed E-state index contributed by atoms with van der Waals surface area (Å²) in [6.45, 7) is 0. The van der Waals surface area contributed by atoms with Crippen LogP contribution in [-0.4, -0.2) is 29.9 Å². The Labute approximate surface area is 129 Å². The Bertz CT molecular complexity index is 520. The van der Waals surface area contributed by atoms with Crippen LogP contribution in [-0.2, 0) is 11.0 Å². The molecule has 0 spiro atoms. The highest BCUT2D eigenvalue weighted by molar-refractivity contribution is 7.98. The van der Waals surface area contributed by atoms with Gasteiger partial charge >= 0.3 is 6.18 Å². The van der Waals surface area contributed by atoms with E-state index in [1.807, 2.05) is 11.7 Å². The molecule has 0 saturated carbocycles. The second-order valence-corrected chi connectivity index (χ2v) is 5.38. The number of thioether (sulfide) groups is 1. The maximum Gasteiger partial charge on any atom is 0.416 e. The highest BCUT2D eigenvalue weighted by Crippen LogP contribution is 2.29. The minimum Gasteiger partial charge on any atom is -0.340 e. The SMILES string of the molecule is CSCCC(NC(=O)c1ccc(C(F)(F)F)cc1)C(=O)NN. The molecular formula is C13H16F3N3O2S. The van der Waals surface area contributed by atoms with Crippen LogP contribution in [0.15, 0.2) is 24.3 Å². The second-order valence-electron chi connectivity index (χ2n) is 4.39. The third-order valence-electron chi connectivity index (χ3n) is 2.85. The molecule has 4 N–H and O–H groups in total. The molecule has 0 aliphatic heterocycles. The van der Waals surface area contributed by atoms with E-state index in [2.05, 4.69) is 5.32 Å². The largest absolute Gasteiger partial charge is 0.416 e. The van der Waals surface area contributed by atoms with Gasteiger partial charge < -0.3 is 5.32 Å². The standard InChI is InChI=1S/C13H16F3N3O2S/c1-22-7-6-10(12(21)19-17)18-11(20)8-2-4-9(5-3-8)13(14,15)16/h2-5,10H,6-7,17H2,1H3,(H,18,20)(H,19,21).